The van der Waals surface area contributed by atoms with E-state index in [9.17, 15) is 0 Å². The maximum atomic E-state index is 6.20. The Morgan fingerprint density at radius 1 is 1.20 bits per heavy atom. The fourth-order valence-electron chi connectivity index (χ4n) is 1.60. The van der Waals surface area contributed by atoms with E-state index in [2.05, 4.69) is 54.9 Å². The first kappa shape index (κ1) is 12.7. The molecule has 84 valence electrons. The molecule has 1 nitrogen and oxygen atoms in total. The van der Waals surface area contributed by atoms with E-state index in [1.807, 2.05) is 6.07 Å². The molecule has 0 aliphatic rings. The van der Waals surface area contributed by atoms with E-state index in [0.29, 0.717) is 11.8 Å². The number of hydrogen-bond acceptors (Lipinski definition) is 1. The first-order chi connectivity index (χ1) is 7.02. The summed E-state index contributed by atoms with van der Waals surface area (Å²) in [5.74, 6) is 1.19. The van der Waals surface area contributed by atoms with Crippen molar-refractivity contribution in [1.29, 1.82) is 0 Å². The molecule has 0 fully saturated rings. The van der Waals surface area contributed by atoms with Gasteiger partial charge in [-0.05, 0) is 29.9 Å². The Morgan fingerprint density at radius 2 is 1.80 bits per heavy atom. The maximum Gasteiger partial charge on any atom is 0.0207 e. The van der Waals surface area contributed by atoms with Gasteiger partial charge in [-0.3, -0.25) is 0 Å². The van der Waals surface area contributed by atoms with Crippen LogP contribution in [0, 0.1) is 11.8 Å². The molecule has 0 amide bonds. The molecule has 0 aromatic heterocycles. The van der Waals surface area contributed by atoms with Crippen molar-refractivity contribution in [3.63, 3.8) is 0 Å². The Bertz CT molecular complexity index is 309. The highest BCUT2D eigenvalue weighted by Crippen LogP contribution is 2.21. The lowest BCUT2D eigenvalue weighted by atomic mass is 9.87. The first-order valence-corrected chi connectivity index (χ1v) is 6.30. The second-order valence-electron chi connectivity index (χ2n) is 4.56. The molecule has 1 aromatic rings. The van der Waals surface area contributed by atoms with Gasteiger partial charge in [-0.1, -0.05) is 54.9 Å². The largest absolute Gasteiger partial charge is 0.327 e. The lowest BCUT2D eigenvalue weighted by Crippen LogP contribution is -2.33. The average molecular weight is 270 g/mol. The molecule has 1 rings (SSSR count). The Morgan fingerprint density at radius 3 is 2.33 bits per heavy atom. The van der Waals surface area contributed by atoms with Gasteiger partial charge >= 0.3 is 0 Å². The van der Waals surface area contributed by atoms with Gasteiger partial charge in [0, 0.05) is 10.5 Å². The molecule has 0 heterocycles. The van der Waals surface area contributed by atoms with Crippen molar-refractivity contribution in [2.45, 2.75) is 33.2 Å². The Balaban J connectivity index is 2.66. The summed E-state index contributed by atoms with van der Waals surface area (Å²) in [5.41, 5.74) is 7.50. The predicted octanol–water partition coefficient (Wildman–Crippen LogP) is 3.61. The van der Waals surface area contributed by atoms with Crippen LogP contribution in [0.1, 0.15) is 26.3 Å². The molecular formula is C13H20BrN. The Labute approximate surface area is 101 Å². The second kappa shape index (κ2) is 5.66. The van der Waals surface area contributed by atoms with Crippen LogP contribution in [0.25, 0.3) is 0 Å². The van der Waals surface area contributed by atoms with Gasteiger partial charge in [0.15, 0.2) is 0 Å². The van der Waals surface area contributed by atoms with E-state index in [1.54, 1.807) is 0 Å². The van der Waals surface area contributed by atoms with Crippen LogP contribution in [-0.2, 0) is 6.42 Å². The third kappa shape index (κ3) is 3.62. The smallest absolute Gasteiger partial charge is 0.0207 e. The lowest BCUT2D eigenvalue weighted by Gasteiger charge is -2.23. The minimum Gasteiger partial charge on any atom is -0.327 e. The minimum atomic E-state index is 0.240. The van der Waals surface area contributed by atoms with Crippen LogP contribution < -0.4 is 5.73 Å². The highest BCUT2D eigenvalue weighted by Gasteiger charge is 2.17. The van der Waals surface area contributed by atoms with Crippen LogP contribution in [-0.4, -0.2) is 6.04 Å². The van der Waals surface area contributed by atoms with Gasteiger partial charge in [0.25, 0.3) is 0 Å². The van der Waals surface area contributed by atoms with Gasteiger partial charge in [0.05, 0.1) is 0 Å². The molecule has 2 N–H and O–H groups in total. The molecule has 0 bridgehead atoms. The monoisotopic (exact) mass is 269 g/mol. The number of benzene rings is 1. The summed E-state index contributed by atoms with van der Waals surface area (Å²) in [6.45, 7) is 6.68. The molecule has 2 unspecified atom stereocenters. The number of rotatable bonds is 4. The van der Waals surface area contributed by atoms with Crippen molar-refractivity contribution in [3.8, 4) is 0 Å². The van der Waals surface area contributed by atoms with Crippen molar-refractivity contribution >= 4 is 15.9 Å². The van der Waals surface area contributed by atoms with Crippen LogP contribution in [0.4, 0.5) is 0 Å². The van der Waals surface area contributed by atoms with Crippen LogP contribution >= 0.6 is 15.9 Å². The SMILES string of the molecule is CC(C)C(C)C(N)Cc1ccccc1Br. The zero-order valence-corrected chi connectivity index (χ0v) is 11.3. The van der Waals surface area contributed by atoms with Crippen LogP contribution in [0.3, 0.4) is 0 Å². The first-order valence-electron chi connectivity index (χ1n) is 5.51. The predicted molar refractivity (Wildman–Crippen MR) is 69.8 cm³/mol. The molecule has 0 aliphatic heterocycles. The van der Waals surface area contributed by atoms with Gasteiger partial charge in [-0.15, -0.1) is 0 Å². The van der Waals surface area contributed by atoms with Crippen LogP contribution in [0.2, 0.25) is 0 Å². The van der Waals surface area contributed by atoms with E-state index < -0.39 is 0 Å². The van der Waals surface area contributed by atoms with Crippen molar-refractivity contribution in [2.24, 2.45) is 17.6 Å². The van der Waals surface area contributed by atoms with E-state index in [1.165, 1.54) is 5.56 Å². The fourth-order valence-corrected chi connectivity index (χ4v) is 2.04. The standard InChI is InChI=1S/C13H20BrN/c1-9(2)10(3)13(15)8-11-6-4-5-7-12(11)14/h4-7,9-10,13H,8,15H2,1-3H3. The van der Waals surface area contributed by atoms with E-state index in [-0.39, 0.29) is 6.04 Å². The van der Waals surface area contributed by atoms with Crippen LogP contribution in [0.15, 0.2) is 28.7 Å². The highest BCUT2D eigenvalue weighted by molar-refractivity contribution is 9.10. The number of nitrogens with two attached hydrogens (primary N) is 1. The molecular weight excluding hydrogens is 250 g/mol. The topological polar surface area (TPSA) is 26.0 Å². The summed E-state index contributed by atoms with van der Waals surface area (Å²) in [4.78, 5) is 0. The summed E-state index contributed by atoms with van der Waals surface area (Å²) in [6.07, 6.45) is 0.945. The third-order valence-electron chi connectivity index (χ3n) is 3.14. The summed E-state index contributed by atoms with van der Waals surface area (Å²) in [5, 5.41) is 0. The zero-order valence-electron chi connectivity index (χ0n) is 9.70. The van der Waals surface area contributed by atoms with E-state index in [0.717, 1.165) is 10.9 Å². The fraction of sp³-hybridized carbons (Fsp3) is 0.538. The molecule has 1 aromatic carbocycles. The molecule has 15 heavy (non-hydrogen) atoms. The van der Waals surface area contributed by atoms with Crippen LogP contribution in [0.5, 0.6) is 0 Å². The Kier molecular flexibility index (Phi) is 4.81. The number of halogens is 1. The van der Waals surface area contributed by atoms with Gasteiger partial charge < -0.3 is 5.73 Å². The molecule has 0 aliphatic carbocycles. The van der Waals surface area contributed by atoms with E-state index in [4.69, 9.17) is 5.73 Å². The minimum absolute atomic E-state index is 0.240. The third-order valence-corrected chi connectivity index (χ3v) is 3.91. The summed E-state index contributed by atoms with van der Waals surface area (Å²) >= 11 is 3.56. The van der Waals surface area contributed by atoms with Crippen molar-refractivity contribution in [1.82, 2.24) is 0 Å². The van der Waals surface area contributed by atoms with Gasteiger partial charge in [-0.2, -0.15) is 0 Å². The maximum absolute atomic E-state index is 6.20. The van der Waals surface area contributed by atoms with Gasteiger partial charge in [0.2, 0.25) is 0 Å². The second-order valence-corrected chi connectivity index (χ2v) is 5.42. The lowest BCUT2D eigenvalue weighted by molar-refractivity contribution is 0.344. The normalized spacial score (nSPS) is 15.3. The van der Waals surface area contributed by atoms with Gasteiger partial charge in [0.1, 0.15) is 0 Å². The molecule has 2 heteroatoms. The molecule has 0 radical (unpaired) electrons. The van der Waals surface area contributed by atoms with Crippen molar-refractivity contribution < 1.29 is 0 Å². The quantitative estimate of drug-likeness (QED) is 0.888. The van der Waals surface area contributed by atoms with E-state index >= 15 is 0 Å². The highest BCUT2D eigenvalue weighted by atomic mass is 79.9. The zero-order chi connectivity index (χ0) is 11.4. The Hall–Kier alpha value is -0.340. The summed E-state index contributed by atoms with van der Waals surface area (Å²) in [7, 11) is 0. The molecule has 2 atom stereocenters. The molecule has 0 saturated heterocycles. The molecule has 0 spiro atoms. The number of hydrogen-bond donors (Lipinski definition) is 1. The van der Waals surface area contributed by atoms with Gasteiger partial charge in [-0.25, -0.2) is 0 Å². The summed E-state index contributed by atoms with van der Waals surface area (Å²) in [6, 6.07) is 8.54. The van der Waals surface area contributed by atoms with Crippen molar-refractivity contribution in [3.05, 3.63) is 34.3 Å². The average Bonchev–Trinajstić information content (AvgIpc) is 2.20. The molecule has 0 saturated carbocycles. The van der Waals surface area contributed by atoms with Crippen molar-refractivity contribution in [2.75, 3.05) is 0 Å². The summed E-state index contributed by atoms with van der Waals surface area (Å²) < 4.78 is 1.16.